The van der Waals surface area contributed by atoms with E-state index in [-0.39, 0.29) is 11.4 Å². The Bertz CT molecular complexity index is 611. The molecule has 3 N–H and O–H groups in total. The third-order valence-corrected chi connectivity index (χ3v) is 2.53. The topological polar surface area (TPSA) is 58.9 Å². The van der Waals surface area contributed by atoms with Gasteiger partial charge in [-0.1, -0.05) is 0 Å². The predicted molar refractivity (Wildman–Crippen MR) is 66.5 cm³/mol. The van der Waals surface area contributed by atoms with E-state index < -0.39 is 5.54 Å². The first kappa shape index (κ1) is 11.8. The highest BCUT2D eigenvalue weighted by Crippen LogP contribution is 2.15. The van der Waals surface area contributed by atoms with Gasteiger partial charge in [0.05, 0.1) is 0 Å². The minimum Gasteiger partial charge on any atom is -0.325 e. The van der Waals surface area contributed by atoms with Crippen LogP contribution in [0, 0.1) is 5.82 Å². The van der Waals surface area contributed by atoms with Crippen LogP contribution in [0.2, 0.25) is 0 Å². The molecular formula is C13H15FN2O. The summed E-state index contributed by atoms with van der Waals surface area (Å²) in [7, 11) is 0. The molecule has 0 saturated carbocycles. The van der Waals surface area contributed by atoms with Crippen LogP contribution in [0.3, 0.4) is 0 Å². The second-order valence-electron chi connectivity index (χ2n) is 5.02. The summed E-state index contributed by atoms with van der Waals surface area (Å²) < 4.78 is 13.1. The molecule has 1 heterocycles. The molecule has 0 fully saturated rings. The number of fused-ring (bicyclic) bond motifs is 1. The van der Waals surface area contributed by atoms with Crippen LogP contribution in [0.1, 0.15) is 19.4 Å². The molecule has 4 heteroatoms. The number of benzene rings is 1. The molecule has 0 aliphatic carbocycles. The van der Waals surface area contributed by atoms with Gasteiger partial charge in [-0.15, -0.1) is 0 Å². The van der Waals surface area contributed by atoms with Gasteiger partial charge in [-0.3, -0.25) is 4.79 Å². The van der Waals surface area contributed by atoms with Crippen molar-refractivity contribution in [2.24, 2.45) is 5.73 Å². The van der Waals surface area contributed by atoms with E-state index in [0.717, 1.165) is 0 Å². The summed E-state index contributed by atoms with van der Waals surface area (Å²) in [6, 6.07) is 5.98. The second kappa shape index (κ2) is 3.96. The summed E-state index contributed by atoms with van der Waals surface area (Å²) in [4.78, 5) is 14.5. The van der Waals surface area contributed by atoms with E-state index in [1.807, 2.05) is 13.8 Å². The van der Waals surface area contributed by atoms with Crippen LogP contribution in [0.4, 0.5) is 4.39 Å². The lowest BCUT2D eigenvalue weighted by Crippen LogP contribution is -2.36. The van der Waals surface area contributed by atoms with Gasteiger partial charge >= 0.3 is 0 Å². The Morgan fingerprint density at radius 2 is 2.06 bits per heavy atom. The Morgan fingerprint density at radius 3 is 2.71 bits per heavy atom. The smallest absolute Gasteiger partial charge is 0.251 e. The van der Waals surface area contributed by atoms with Crippen LogP contribution < -0.4 is 11.3 Å². The molecule has 3 nitrogen and oxygen atoms in total. The number of hydrogen-bond donors (Lipinski definition) is 2. The average molecular weight is 234 g/mol. The van der Waals surface area contributed by atoms with Gasteiger partial charge < -0.3 is 10.7 Å². The summed E-state index contributed by atoms with van der Waals surface area (Å²) in [5.74, 6) is -0.317. The van der Waals surface area contributed by atoms with Gasteiger partial charge in [-0.2, -0.15) is 0 Å². The number of aromatic amines is 1. The van der Waals surface area contributed by atoms with Crippen LogP contribution in [0.5, 0.6) is 0 Å². The van der Waals surface area contributed by atoms with Gasteiger partial charge in [0, 0.05) is 22.0 Å². The molecule has 0 saturated heterocycles. The number of halogens is 1. The second-order valence-corrected chi connectivity index (χ2v) is 5.02. The number of nitrogens with two attached hydrogens (primary N) is 1. The van der Waals surface area contributed by atoms with Crippen molar-refractivity contribution in [1.29, 1.82) is 0 Å². The highest BCUT2D eigenvalue weighted by molar-refractivity contribution is 5.78. The summed E-state index contributed by atoms with van der Waals surface area (Å²) in [6.07, 6.45) is 0.453. The first-order valence-corrected chi connectivity index (χ1v) is 5.45. The third-order valence-electron chi connectivity index (χ3n) is 2.53. The fourth-order valence-electron chi connectivity index (χ4n) is 1.84. The van der Waals surface area contributed by atoms with E-state index >= 15 is 0 Å². The Balaban J connectivity index is 2.58. The van der Waals surface area contributed by atoms with Crippen LogP contribution in [0.25, 0.3) is 10.9 Å². The van der Waals surface area contributed by atoms with Crippen molar-refractivity contribution in [1.82, 2.24) is 4.98 Å². The Kier molecular flexibility index (Phi) is 2.75. The van der Waals surface area contributed by atoms with Gasteiger partial charge in [-0.05, 0) is 44.5 Å². The number of hydrogen-bond acceptors (Lipinski definition) is 2. The quantitative estimate of drug-likeness (QED) is 0.834. The van der Waals surface area contributed by atoms with E-state index in [9.17, 15) is 9.18 Å². The zero-order valence-corrected chi connectivity index (χ0v) is 9.88. The molecule has 1 aromatic heterocycles. The molecule has 1 aromatic carbocycles. The van der Waals surface area contributed by atoms with Gasteiger partial charge in [0.15, 0.2) is 0 Å². The molecule has 0 aliphatic heterocycles. The Hall–Kier alpha value is -1.68. The Labute approximate surface area is 98.5 Å². The van der Waals surface area contributed by atoms with Crippen molar-refractivity contribution in [2.45, 2.75) is 25.8 Å². The molecule has 0 radical (unpaired) electrons. The summed E-state index contributed by atoms with van der Waals surface area (Å²) in [5, 5.41) is 0.684. The molecule has 90 valence electrons. The standard InChI is InChI=1S/C13H15FN2O/c1-13(2,15)7-9-5-8-6-10(14)3-4-11(8)16-12(9)17/h3-6H,7,15H2,1-2H3,(H,16,17). The van der Waals surface area contributed by atoms with Gasteiger partial charge in [0.1, 0.15) is 5.82 Å². The fraction of sp³-hybridized carbons (Fsp3) is 0.308. The number of pyridine rings is 1. The lowest BCUT2D eigenvalue weighted by atomic mass is 9.96. The molecule has 0 bridgehead atoms. The number of nitrogens with one attached hydrogen (secondary N) is 1. The van der Waals surface area contributed by atoms with E-state index in [0.29, 0.717) is 22.9 Å². The van der Waals surface area contributed by atoms with E-state index in [1.165, 1.54) is 12.1 Å². The summed E-state index contributed by atoms with van der Waals surface area (Å²) >= 11 is 0. The molecule has 0 atom stereocenters. The minimum absolute atomic E-state index is 0.164. The lowest BCUT2D eigenvalue weighted by molar-refractivity contribution is 0.514. The summed E-state index contributed by atoms with van der Waals surface area (Å²) in [6.45, 7) is 3.70. The van der Waals surface area contributed by atoms with Crippen molar-refractivity contribution in [2.75, 3.05) is 0 Å². The molecule has 0 unspecified atom stereocenters. The van der Waals surface area contributed by atoms with Crippen molar-refractivity contribution >= 4 is 10.9 Å². The molecular weight excluding hydrogens is 219 g/mol. The van der Waals surface area contributed by atoms with E-state index in [1.54, 1.807) is 12.1 Å². The van der Waals surface area contributed by atoms with Crippen LogP contribution >= 0.6 is 0 Å². The fourth-order valence-corrected chi connectivity index (χ4v) is 1.84. The zero-order chi connectivity index (χ0) is 12.6. The number of rotatable bonds is 2. The van der Waals surface area contributed by atoms with Gasteiger partial charge in [0.25, 0.3) is 5.56 Å². The number of H-pyrrole nitrogens is 1. The van der Waals surface area contributed by atoms with Crippen molar-refractivity contribution in [3.63, 3.8) is 0 Å². The summed E-state index contributed by atoms with van der Waals surface area (Å²) in [5.41, 5.74) is 6.47. The van der Waals surface area contributed by atoms with Crippen molar-refractivity contribution in [3.8, 4) is 0 Å². The number of aromatic nitrogens is 1. The zero-order valence-electron chi connectivity index (χ0n) is 9.88. The molecule has 0 aliphatic rings. The molecule has 17 heavy (non-hydrogen) atoms. The van der Waals surface area contributed by atoms with Gasteiger partial charge in [-0.25, -0.2) is 4.39 Å². The SMILES string of the molecule is CC(C)(N)Cc1cc2cc(F)ccc2[nH]c1=O. The van der Waals surface area contributed by atoms with Gasteiger partial charge in [0.2, 0.25) is 0 Å². The minimum atomic E-state index is -0.464. The largest absolute Gasteiger partial charge is 0.325 e. The van der Waals surface area contributed by atoms with Crippen LogP contribution in [-0.2, 0) is 6.42 Å². The highest BCUT2D eigenvalue weighted by Gasteiger charge is 2.14. The maximum atomic E-state index is 13.1. The van der Waals surface area contributed by atoms with Crippen LogP contribution in [-0.4, -0.2) is 10.5 Å². The normalized spacial score (nSPS) is 12.0. The molecule has 2 aromatic rings. The maximum absolute atomic E-state index is 13.1. The average Bonchev–Trinajstić information content (AvgIpc) is 2.17. The lowest BCUT2D eigenvalue weighted by Gasteiger charge is -2.17. The monoisotopic (exact) mass is 234 g/mol. The van der Waals surface area contributed by atoms with Crippen molar-refractivity contribution < 1.29 is 4.39 Å². The van der Waals surface area contributed by atoms with Crippen molar-refractivity contribution in [3.05, 3.63) is 46.0 Å². The third kappa shape index (κ3) is 2.71. The Morgan fingerprint density at radius 1 is 1.35 bits per heavy atom. The molecule has 2 rings (SSSR count). The maximum Gasteiger partial charge on any atom is 0.251 e. The predicted octanol–water partition coefficient (Wildman–Crippen LogP) is 1.95. The molecule has 0 spiro atoms. The first-order valence-electron chi connectivity index (χ1n) is 5.45. The molecule has 0 amide bonds. The highest BCUT2D eigenvalue weighted by atomic mass is 19.1. The van der Waals surface area contributed by atoms with Crippen LogP contribution in [0.15, 0.2) is 29.1 Å². The van der Waals surface area contributed by atoms with E-state index in [2.05, 4.69) is 4.98 Å². The van der Waals surface area contributed by atoms with E-state index in [4.69, 9.17) is 5.73 Å². The first-order chi connectivity index (χ1) is 7.85.